The molecule has 9 aromatic rings. The van der Waals surface area contributed by atoms with Crippen LogP contribution in [0.5, 0.6) is 0 Å². The third-order valence-corrected chi connectivity index (χ3v) is 8.42. The van der Waals surface area contributed by atoms with E-state index in [0.717, 1.165) is 38.4 Å². The van der Waals surface area contributed by atoms with Crippen molar-refractivity contribution in [2.45, 2.75) is 0 Å². The van der Waals surface area contributed by atoms with Crippen molar-refractivity contribution in [3.8, 4) is 34.2 Å². The molecule has 2 aromatic heterocycles. The van der Waals surface area contributed by atoms with Crippen LogP contribution in [0, 0.1) is 0 Å². The van der Waals surface area contributed by atoms with Gasteiger partial charge < -0.3 is 0 Å². The molecule has 4 nitrogen and oxygen atoms in total. The third-order valence-electron chi connectivity index (χ3n) is 8.42. The van der Waals surface area contributed by atoms with Crippen molar-refractivity contribution in [1.82, 2.24) is 19.9 Å². The minimum Gasteiger partial charge on any atom is -0.256 e. The van der Waals surface area contributed by atoms with Crippen molar-refractivity contribution < 1.29 is 0 Å². The quantitative estimate of drug-likeness (QED) is 0.202. The second kappa shape index (κ2) is 9.79. The highest BCUT2D eigenvalue weighted by atomic mass is 15.0. The van der Waals surface area contributed by atoms with E-state index in [4.69, 9.17) is 15.0 Å². The highest BCUT2D eigenvalue weighted by Gasteiger charge is 2.14. The van der Waals surface area contributed by atoms with E-state index in [2.05, 4.69) is 126 Å². The summed E-state index contributed by atoms with van der Waals surface area (Å²) in [6.07, 6.45) is 1.81. The molecule has 0 amide bonds. The van der Waals surface area contributed by atoms with Gasteiger partial charge in [-0.3, -0.25) is 4.98 Å². The van der Waals surface area contributed by atoms with Crippen molar-refractivity contribution in [2.24, 2.45) is 0 Å². The normalized spacial score (nSPS) is 11.6. The molecule has 7 aromatic carbocycles. The van der Waals surface area contributed by atoms with Crippen LogP contribution in [0.25, 0.3) is 88.2 Å². The predicted octanol–water partition coefficient (Wildman–Crippen LogP) is 10.0. The van der Waals surface area contributed by atoms with Gasteiger partial charge >= 0.3 is 0 Å². The number of hydrogen-bond donors (Lipinski definition) is 0. The molecule has 0 unspecified atom stereocenters. The highest BCUT2D eigenvalue weighted by Crippen LogP contribution is 2.32. The Labute approximate surface area is 253 Å². The largest absolute Gasteiger partial charge is 0.256 e. The number of aromatic nitrogens is 4. The fraction of sp³-hybridized carbons (Fsp3) is 0. The number of nitrogens with zero attached hydrogens (tertiary/aromatic N) is 4. The molecule has 0 aliphatic carbocycles. The van der Waals surface area contributed by atoms with E-state index >= 15 is 0 Å². The highest BCUT2D eigenvalue weighted by molar-refractivity contribution is 6.01. The maximum Gasteiger partial charge on any atom is 0.164 e. The Kier molecular flexibility index (Phi) is 5.47. The molecule has 0 saturated heterocycles. The first-order valence-electron chi connectivity index (χ1n) is 14.7. The summed E-state index contributed by atoms with van der Waals surface area (Å²) in [6.45, 7) is 0. The zero-order chi connectivity index (χ0) is 29.0. The topological polar surface area (TPSA) is 51.6 Å². The van der Waals surface area contributed by atoms with Crippen LogP contribution < -0.4 is 0 Å². The Hall–Kier alpha value is -6.00. The Balaban J connectivity index is 1.24. The molecule has 0 radical (unpaired) electrons. The van der Waals surface area contributed by atoms with Gasteiger partial charge in [-0.05, 0) is 104 Å². The fourth-order valence-electron chi connectivity index (χ4n) is 6.14. The first kappa shape index (κ1) is 24.6. The van der Waals surface area contributed by atoms with E-state index in [1.165, 1.54) is 32.3 Å². The number of rotatable bonds is 3. The molecule has 0 fully saturated rings. The Bertz CT molecular complexity index is 2430. The van der Waals surface area contributed by atoms with E-state index in [9.17, 15) is 0 Å². The molecule has 204 valence electrons. The van der Waals surface area contributed by atoms with Crippen LogP contribution in [0.3, 0.4) is 0 Å². The van der Waals surface area contributed by atoms with Gasteiger partial charge in [-0.15, -0.1) is 0 Å². The summed E-state index contributed by atoms with van der Waals surface area (Å²) in [7, 11) is 0. The lowest BCUT2D eigenvalue weighted by molar-refractivity contribution is 1.08. The minimum atomic E-state index is 0.632. The van der Waals surface area contributed by atoms with Gasteiger partial charge in [0.05, 0.1) is 5.52 Å². The number of pyridine rings is 1. The van der Waals surface area contributed by atoms with Gasteiger partial charge in [-0.1, -0.05) is 78.9 Å². The summed E-state index contributed by atoms with van der Waals surface area (Å²) >= 11 is 0. The maximum absolute atomic E-state index is 5.07. The number of hydrogen-bond acceptors (Lipinski definition) is 4. The molecule has 0 spiro atoms. The van der Waals surface area contributed by atoms with Gasteiger partial charge in [-0.2, -0.15) is 0 Å². The summed E-state index contributed by atoms with van der Waals surface area (Å²) in [5.74, 6) is 1.92. The van der Waals surface area contributed by atoms with Gasteiger partial charge in [0, 0.05) is 28.3 Å². The molecule has 0 aliphatic heterocycles. The Morgan fingerprint density at radius 2 is 0.682 bits per heavy atom. The van der Waals surface area contributed by atoms with Crippen LogP contribution in [-0.4, -0.2) is 19.9 Å². The van der Waals surface area contributed by atoms with Gasteiger partial charge in [-0.25, -0.2) is 15.0 Å². The summed E-state index contributed by atoms with van der Waals surface area (Å²) < 4.78 is 0. The van der Waals surface area contributed by atoms with E-state index < -0.39 is 0 Å². The van der Waals surface area contributed by atoms with Crippen molar-refractivity contribution in [2.75, 3.05) is 0 Å². The lowest BCUT2D eigenvalue weighted by Crippen LogP contribution is -2.00. The van der Waals surface area contributed by atoms with E-state index in [-0.39, 0.29) is 0 Å². The van der Waals surface area contributed by atoms with Crippen molar-refractivity contribution in [3.05, 3.63) is 146 Å². The standard InChI is InChI=1S/C40H24N4/c1-3-8-27-20-35-23-32(13-11-29(35)18-25(27)6-1)38-42-39(44-40(43-38)34-15-16-37-31(22-34)10-5-17-41-37)33-14-12-30-19-26-7-2-4-9-28(26)21-36(30)24-33/h1-24H. The monoisotopic (exact) mass is 560 g/mol. The lowest BCUT2D eigenvalue weighted by atomic mass is 10.0. The van der Waals surface area contributed by atoms with E-state index in [1.807, 2.05) is 24.4 Å². The van der Waals surface area contributed by atoms with Crippen molar-refractivity contribution in [3.63, 3.8) is 0 Å². The van der Waals surface area contributed by atoms with Crippen molar-refractivity contribution >= 4 is 54.0 Å². The summed E-state index contributed by atoms with van der Waals surface area (Å²) in [5, 5.41) is 10.6. The molecule has 2 heterocycles. The maximum atomic E-state index is 5.07. The Morgan fingerprint density at radius 1 is 0.295 bits per heavy atom. The lowest BCUT2D eigenvalue weighted by Gasteiger charge is -2.11. The molecule has 0 atom stereocenters. The van der Waals surface area contributed by atoms with Crippen LogP contribution in [0.15, 0.2) is 146 Å². The number of fused-ring (bicyclic) bond motifs is 5. The first-order valence-corrected chi connectivity index (χ1v) is 14.7. The van der Waals surface area contributed by atoms with Gasteiger partial charge in [0.2, 0.25) is 0 Å². The first-order chi connectivity index (χ1) is 21.7. The minimum absolute atomic E-state index is 0.632. The molecule has 44 heavy (non-hydrogen) atoms. The Morgan fingerprint density at radius 3 is 1.18 bits per heavy atom. The molecule has 4 heteroatoms. The van der Waals surface area contributed by atoms with E-state index in [1.54, 1.807) is 0 Å². The zero-order valence-electron chi connectivity index (χ0n) is 23.6. The molecule has 0 N–H and O–H groups in total. The van der Waals surface area contributed by atoms with E-state index in [0.29, 0.717) is 17.5 Å². The molecule has 0 saturated carbocycles. The fourth-order valence-corrected chi connectivity index (χ4v) is 6.14. The smallest absolute Gasteiger partial charge is 0.164 e. The third kappa shape index (κ3) is 4.24. The zero-order valence-corrected chi connectivity index (χ0v) is 23.6. The van der Waals surface area contributed by atoms with Crippen LogP contribution in [-0.2, 0) is 0 Å². The molecule has 0 bridgehead atoms. The van der Waals surface area contributed by atoms with Gasteiger partial charge in [0.15, 0.2) is 17.5 Å². The van der Waals surface area contributed by atoms with Gasteiger partial charge in [0.25, 0.3) is 0 Å². The number of benzene rings is 7. The average Bonchev–Trinajstić information content (AvgIpc) is 3.09. The van der Waals surface area contributed by atoms with Crippen LogP contribution in [0.2, 0.25) is 0 Å². The molecule has 9 rings (SSSR count). The summed E-state index contributed by atoms with van der Waals surface area (Å²) in [5.41, 5.74) is 3.77. The van der Waals surface area contributed by atoms with Crippen LogP contribution in [0.1, 0.15) is 0 Å². The second-order valence-corrected chi connectivity index (χ2v) is 11.2. The average molecular weight is 561 g/mol. The SMILES string of the molecule is c1ccc2cc3cc(-c4nc(-c5ccc6cc7ccccc7cc6c5)nc(-c5ccc6ncccc6c5)n4)ccc3cc2c1. The molecule has 0 aliphatic rings. The summed E-state index contributed by atoms with van der Waals surface area (Å²) in [4.78, 5) is 19.6. The molecular formula is C40H24N4. The molecular weight excluding hydrogens is 536 g/mol. The van der Waals surface area contributed by atoms with Crippen LogP contribution in [0.4, 0.5) is 0 Å². The second-order valence-electron chi connectivity index (χ2n) is 11.2. The predicted molar refractivity (Wildman–Crippen MR) is 181 cm³/mol. The van der Waals surface area contributed by atoms with Crippen molar-refractivity contribution in [1.29, 1.82) is 0 Å². The van der Waals surface area contributed by atoms with Gasteiger partial charge in [0.1, 0.15) is 0 Å². The van der Waals surface area contributed by atoms with Crippen LogP contribution >= 0.6 is 0 Å². The summed E-state index contributed by atoms with van der Waals surface area (Å²) in [6, 6.07) is 48.9.